The highest BCUT2D eigenvalue weighted by atomic mass is 16.5. The number of aliphatic hydroxyl groups excluding tert-OH is 1. The Morgan fingerprint density at radius 2 is 1.75 bits per heavy atom. The predicted molar refractivity (Wildman–Crippen MR) is 82.8 cm³/mol. The smallest absolute Gasteiger partial charge is 0.126 e. The summed E-state index contributed by atoms with van der Waals surface area (Å²) >= 11 is 0. The van der Waals surface area contributed by atoms with Crippen LogP contribution in [0.5, 0.6) is 5.75 Å². The number of ether oxygens (including phenoxy) is 1. The lowest BCUT2D eigenvalue weighted by Crippen LogP contribution is -2.03. The van der Waals surface area contributed by atoms with Gasteiger partial charge in [0.25, 0.3) is 0 Å². The van der Waals surface area contributed by atoms with E-state index in [-0.39, 0.29) is 0 Å². The molecular formula is C18H20O2. The first kappa shape index (κ1) is 14.4. The van der Waals surface area contributed by atoms with Crippen LogP contribution in [0.1, 0.15) is 17.5 Å². The Balaban J connectivity index is 1.90. The topological polar surface area (TPSA) is 29.5 Å². The zero-order valence-corrected chi connectivity index (χ0v) is 11.7. The minimum atomic E-state index is -0.444. The van der Waals surface area contributed by atoms with Crippen LogP contribution in [0.25, 0.3) is 6.08 Å². The molecule has 1 atom stereocenters. The highest BCUT2D eigenvalue weighted by Crippen LogP contribution is 2.19. The first-order valence-corrected chi connectivity index (χ1v) is 6.83. The van der Waals surface area contributed by atoms with Gasteiger partial charge < -0.3 is 9.84 Å². The van der Waals surface area contributed by atoms with E-state index in [9.17, 15) is 5.11 Å². The van der Waals surface area contributed by atoms with Gasteiger partial charge in [0.2, 0.25) is 0 Å². The Hall–Kier alpha value is -2.06. The van der Waals surface area contributed by atoms with E-state index in [1.165, 1.54) is 5.56 Å². The van der Waals surface area contributed by atoms with Crippen molar-refractivity contribution in [2.75, 3.05) is 7.11 Å². The van der Waals surface area contributed by atoms with E-state index >= 15 is 0 Å². The van der Waals surface area contributed by atoms with Crippen molar-refractivity contribution in [1.82, 2.24) is 0 Å². The molecule has 2 aromatic rings. The number of rotatable bonds is 6. The van der Waals surface area contributed by atoms with Crippen LogP contribution < -0.4 is 4.74 Å². The number of aryl methyl sites for hydroxylation is 1. The van der Waals surface area contributed by atoms with Crippen LogP contribution in [0.2, 0.25) is 0 Å². The van der Waals surface area contributed by atoms with Gasteiger partial charge in [0.15, 0.2) is 0 Å². The molecule has 0 aliphatic rings. The molecular weight excluding hydrogens is 248 g/mol. The second-order valence-electron chi connectivity index (χ2n) is 4.69. The molecule has 2 heteroatoms. The summed E-state index contributed by atoms with van der Waals surface area (Å²) < 4.78 is 5.27. The van der Waals surface area contributed by atoms with E-state index in [0.717, 1.165) is 24.2 Å². The van der Waals surface area contributed by atoms with Crippen LogP contribution in [-0.2, 0) is 6.42 Å². The number of para-hydroxylation sites is 1. The van der Waals surface area contributed by atoms with Gasteiger partial charge in [0, 0.05) is 5.56 Å². The second kappa shape index (κ2) is 7.51. The maximum atomic E-state index is 10.0. The summed E-state index contributed by atoms with van der Waals surface area (Å²) in [6, 6.07) is 18.0. The third-order valence-corrected chi connectivity index (χ3v) is 3.21. The number of aliphatic hydroxyl groups is 1. The van der Waals surface area contributed by atoms with Crippen LogP contribution in [0.4, 0.5) is 0 Å². The highest BCUT2D eigenvalue weighted by molar-refractivity contribution is 5.57. The maximum Gasteiger partial charge on any atom is 0.126 e. The van der Waals surface area contributed by atoms with Gasteiger partial charge in [-0.05, 0) is 24.5 Å². The van der Waals surface area contributed by atoms with Crippen molar-refractivity contribution in [3.05, 3.63) is 71.8 Å². The molecule has 0 aromatic heterocycles. The van der Waals surface area contributed by atoms with Gasteiger partial charge in [0.1, 0.15) is 5.75 Å². The predicted octanol–water partition coefficient (Wildman–Crippen LogP) is 3.70. The standard InChI is InChI=1S/C18H20O2/c1-20-18-10-6-5-9-16(18)12-14-17(19)13-11-15-7-3-2-4-8-15/h2-10,12,14,17,19H,11,13H2,1H3/b14-12+. The van der Waals surface area contributed by atoms with Gasteiger partial charge in [-0.1, -0.05) is 60.7 Å². The SMILES string of the molecule is COc1ccccc1/C=C/C(O)CCc1ccccc1. The molecule has 20 heavy (non-hydrogen) atoms. The van der Waals surface area contributed by atoms with Crippen LogP contribution in [-0.4, -0.2) is 18.3 Å². The average Bonchev–Trinajstić information content (AvgIpc) is 2.52. The fourth-order valence-corrected chi connectivity index (χ4v) is 2.07. The Morgan fingerprint density at radius 3 is 2.50 bits per heavy atom. The Morgan fingerprint density at radius 1 is 1.05 bits per heavy atom. The molecule has 0 heterocycles. The van der Waals surface area contributed by atoms with Gasteiger partial charge in [-0.25, -0.2) is 0 Å². The Bertz CT molecular complexity index is 546. The molecule has 1 unspecified atom stereocenters. The highest BCUT2D eigenvalue weighted by Gasteiger charge is 2.02. The molecule has 104 valence electrons. The number of hydrogen-bond donors (Lipinski definition) is 1. The fraction of sp³-hybridized carbons (Fsp3) is 0.222. The molecule has 0 fully saturated rings. The van der Waals surface area contributed by atoms with Crippen LogP contribution in [0.15, 0.2) is 60.7 Å². The summed E-state index contributed by atoms with van der Waals surface area (Å²) in [5, 5.41) is 10.0. The minimum absolute atomic E-state index is 0.444. The van der Waals surface area contributed by atoms with Crippen LogP contribution >= 0.6 is 0 Å². The van der Waals surface area contributed by atoms with Gasteiger partial charge in [0.05, 0.1) is 13.2 Å². The molecule has 0 spiro atoms. The Labute approximate surface area is 120 Å². The molecule has 2 rings (SSSR count). The van der Waals surface area contributed by atoms with Crippen molar-refractivity contribution >= 4 is 6.08 Å². The summed E-state index contributed by atoms with van der Waals surface area (Å²) in [6.07, 6.45) is 4.88. The number of methoxy groups -OCH3 is 1. The van der Waals surface area contributed by atoms with Gasteiger partial charge in [-0.3, -0.25) is 0 Å². The molecule has 0 radical (unpaired) electrons. The first-order chi connectivity index (χ1) is 9.79. The van der Waals surface area contributed by atoms with Crippen LogP contribution in [0, 0.1) is 0 Å². The number of hydrogen-bond acceptors (Lipinski definition) is 2. The molecule has 1 N–H and O–H groups in total. The number of benzene rings is 2. The van der Waals surface area contributed by atoms with Crippen molar-refractivity contribution in [1.29, 1.82) is 0 Å². The monoisotopic (exact) mass is 268 g/mol. The van der Waals surface area contributed by atoms with E-state index in [0.29, 0.717) is 0 Å². The zero-order chi connectivity index (χ0) is 14.2. The molecule has 0 amide bonds. The zero-order valence-electron chi connectivity index (χ0n) is 11.7. The van der Waals surface area contributed by atoms with Crippen molar-refractivity contribution in [3.63, 3.8) is 0 Å². The first-order valence-electron chi connectivity index (χ1n) is 6.83. The summed E-state index contributed by atoms with van der Waals surface area (Å²) in [6.45, 7) is 0. The van der Waals surface area contributed by atoms with Crippen molar-refractivity contribution in [2.45, 2.75) is 18.9 Å². The second-order valence-corrected chi connectivity index (χ2v) is 4.69. The molecule has 2 aromatic carbocycles. The quantitative estimate of drug-likeness (QED) is 0.865. The average molecular weight is 268 g/mol. The van der Waals surface area contributed by atoms with Crippen molar-refractivity contribution in [2.24, 2.45) is 0 Å². The van der Waals surface area contributed by atoms with E-state index in [4.69, 9.17) is 4.74 Å². The molecule has 2 nitrogen and oxygen atoms in total. The summed E-state index contributed by atoms with van der Waals surface area (Å²) in [5.74, 6) is 0.819. The van der Waals surface area contributed by atoms with E-state index in [1.807, 2.05) is 54.6 Å². The summed E-state index contributed by atoms with van der Waals surface area (Å²) in [5.41, 5.74) is 2.23. The molecule has 0 bridgehead atoms. The lowest BCUT2D eigenvalue weighted by molar-refractivity contribution is 0.214. The van der Waals surface area contributed by atoms with Gasteiger partial charge in [-0.2, -0.15) is 0 Å². The van der Waals surface area contributed by atoms with E-state index in [2.05, 4.69) is 12.1 Å². The summed E-state index contributed by atoms with van der Waals surface area (Å²) in [7, 11) is 1.65. The maximum absolute atomic E-state index is 10.0. The van der Waals surface area contributed by atoms with Crippen molar-refractivity contribution < 1.29 is 9.84 Å². The molecule has 0 saturated carbocycles. The normalized spacial score (nSPS) is 12.5. The van der Waals surface area contributed by atoms with Crippen LogP contribution in [0.3, 0.4) is 0 Å². The molecule has 0 aliphatic carbocycles. The van der Waals surface area contributed by atoms with Crippen molar-refractivity contribution in [3.8, 4) is 5.75 Å². The third kappa shape index (κ3) is 4.25. The lowest BCUT2D eigenvalue weighted by atomic mass is 10.1. The Kier molecular flexibility index (Phi) is 5.39. The largest absolute Gasteiger partial charge is 0.496 e. The van der Waals surface area contributed by atoms with E-state index in [1.54, 1.807) is 7.11 Å². The third-order valence-electron chi connectivity index (χ3n) is 3.21. The molecule has 0 aliphatic heterocycles. The minimum Gasteiger partial charge on any atom is -0.496 e. The fourth-order valence-electron chi connectivity index (χ4n) is 2.07. The van der Waals surface area contributed by atoms with E-state index < -0.39 is 6.10 Å². The van der Waals surface area contributed by atoms with Gasteiger partial charge >= 0.3 is 0 Å². The lowest BCUT2D eigenvalue weighted by Gasteiger charge is -2.07. The summed E-state index contributed by atoms with van der Waals surface area (Å²) in [4.78, 5) is 0. The van der Waals surface area contributed by atoms with Gasteiger partial charge in [-0.15, -0.1) is 0 Å². The molecule has 0 saturated heterocycles.